The normalized spacial score (nSPS) is 15.6. The van der Waals surface area contributed by atoms with Gasteiger partial charge < -0.3 is 4.74 Å². The first kappa shape index (κ1) is 9.91. The second-order valence-electron chi connectivity index (χ2n) is 3.91. The van der Waals surface area contributed by atoms with Crippen LogP contribution in [0.3, 0.4) is 0 Å². The molecule has 1 aromatic carbocycles. The van der Waals surface area contributed by atoms with Crippen molar-refractivity contribution in [2.24, 2.45) is 5.92 Å². The average molecular weight is 208 g/mol. The molecule has 1 nitrogen and oxygen atoms in total. The average Bonchev–Trinajstić information content (AvgIpc) is 2.98. The van der Waals surface area contributed by atoms with Crippen LogP contribution in [0.15, 0.2) is 23.1 Å². The number of benzene rings is 1. The minimum absolute atomic E-state index is 0.824. The Hall–Kier alpha value is -0.630. The van der Waals surface area contributed by atoms with Crippen LogP contribution in [0, 0.1) is 12.8 Å². The molecule has 0 aromatic heterocycles. The summed E-state index contributed by atoms with van der Waals surface area (Å²) in [6.07, 6.45) is 4.79. The van der Waals surface area contributed by atoms with Crippen molar-refractivity contribution in [3.8, 4) is 5.75 Å². The summed E-state index contributed by atoms with van der Waals surface area (Å²) >= 11 is 1.75. The standard InChI is InChI=1S/C12H16OS/c1-9-3-6-12(14-2)11(7-9)13-8-10-4-5-10/h3,6-7,10H,4-5,8H2,1-2H3. The van der Waals surface area contributed by atoms with Crippen LogP contribution in [0.2, 0.25) is 0 Å². The van der Waals surface area contributed by atoms with Gasteiger partial charge in [-0.25, -0.2) is 0 Å². The summed E-state index contributed by atoms with van der Waals surface area (Å²) in [6.45, 7) is 3.01. The van der Waals surface area contributed by atoms with E-state index in [4.69, 9.17) is 4.74 Å². The zero-order valence-electron chi connectivity index (χ0n) is 8.75. The van der Waals surface area contributed by atoms with Gasteiger partial charge in [0.2, 0.25) is 0 Å². The quantitative estimate of drug-likeness (QED) is 0.700. The molecule has 14 heavy (non-hydrogen) atoms. The molecule has 0 aliphatic heterocycles. The van der Waals surface area contributed by atoms with Gasteiger partial charge in [-0.1, -0.05) is 6.07 Å². The third-order valence-electron chi connectivity index (χ3n) is 2.49. The third-order valence-corrected chi connectivity index (χ3v) is 3.27. The maximum Gasteiger partial charge on any atom is 0.133 e. The van der Waals surface area contributed by atoms with E-state index in [2.05, 4.69) is 31.4 Å². The van der Waals surface area contributed by atoms with Gasteiger partial charge in [0.05, 0.1) is 6.61 Å². The fourth-order valence-electron chi connectivity index (χ4n) is 1.39. The Morgan fingerprint density at radius 1 is 1.43 bits per heavy atom. The van der Waals surface area contributed by atoms with Crippen LogP contribution in [0.25, 0.3) is 0 Å². The van der Waals surface area contributed by atoms with E-state index in [1.54, 1.807) is 11.8 Å². The molecule has 0 atom stereocenters. The van der Waals surface area contributed by atoms with Crippen LogP contribution in [0.5, 0.6) is 5.75 Å². The van der Waals surface area contributed by atoms with E-state index >= 15 is 0 Å². The fourth-order valence-corrected chi connectivity index (χ4v) is 1.91. The predicted molar refractivity (Wildman–Crippen MR) is 61.2 cm³/mol. The highest BCUT2D eigenvalue weighted by Gasteiger charge is 2.22. The zero-order valence-corrected chi connectivity index (χ0v) is 9.56. The second kappa shape index (κ2) is 4.26. The Morgan fingerprint density at radius 3 is 2.86 bits per heavy atom. The van der Waals surface area contributed by atoms with Gasteiger partial charge in [0.1, 0.15) is 5.75 Å². The lowest BCUT2D eigenvalue weighted by atomic mass is 10.2. The van der Waals surface area contributed by atoms with E-state index in [1.165, 1.54) is 23.3 Å². The molecule has 0 radical (unpaired) electrons. The van der Waals surface area contributed by atoms with E-state index in [0.717, 1.165) is 18.3 Å². The van der Waals surface area contributed by atoms with Gasteiger partial charge in [-0.3, -0.25) is 0 Å². The Bertz CT molecular complexity index is 318. The smallest absolute Gasteiger partial charge is 0.133 e. The first-order chi connectivity index (χ1) is 6.79. The molecule has 0 spiro atoms. The summed E-state index contributed by atoms with van der Waals surface area (Å²) in [4.78, 5) is 1.25. The predicted octanol–water partition coefficient (Wildman–Crippen LogP) is 3.51. The number of ether oxygens (including phenoxy) is 1. The lowest BCUT2D eigenvalue weighted by Gasteiger charge is -2.10. The summed E-state index contributed by atoms with van der Waals surface area (Å²) in [5.74, 6) is 1.88. The van der Waals surface area contributed by atoms with E-state index in [9.17, 15) is 0 Å². The lowest BCUT2D eigenvalue weighted by molar-refractivity contribution is 0.293. The van der Waals surface area contributed by atoms with Crippen molar-refractivity contribution >= 4 is 11.8 Å². The molecule has 0 heterocycles. The maximum absolute atomic E-state index is 5.81. The SMILES string of the molecule is CSc1ccc(C)cc1OCC1CC1. The number of hydrogen-bond acceptors (Lipinski definition) is 2. The number of thioether (sulfide) groups is 1. The van der Waals surface area contributed by atoms with E-state index in [-0.39, 0.29) is 0 Å². The van der Waals surface area contributed by atoms with Gasteiger partial charge in [-0.15, -0.1) is 11.8 Å². The van der Waals surface area contributed by atoms with Crippen LogP contribution in [0.4, 0.5) is 0 Å². The minimum Gasteiger partial charge on any atom is -0.492 e. The maximum atomic E-state index is 5.81. The second-order valence-corrected chi connectivity index (χ2v) is 4.76. The summed E-state index contributed by atoms with van der Waals surface area (Å²) in [5.41, 5.74) is 1.27. The van der Waals surface area contributed by atoms with Gasteiger partial charge in [-0.05, 0) is 49.6 Å². The van der Waals surface area contributed by atoms with Gasteiger partial charge in [-0.2, -0.15) is 0 Å². The van der Waals surface area contributed by atoms with Crippen molar-refractivity contribution in [1.29, 1.82) is 0 Å². The van der Waals surface area contributed by atoms with Crippen molar-refractivity contribution in [3.05, 3.63) is 23.8 Å². The zero-order chi connectivity index (χ0) is 9.97. The van der Waals surface area contributed by atoms with Crippen LogP contribution in [-0.4, -0.2) is 12.9 Å². The molecule has 76 valence electrons. The molecule has 1 aliphatic rings. The molecule has 1 saturated carbocycles. The van der Waals surface area contributed by atoms with Gasteiger partial charge in [0.25, 0.3) is 0 Å². The van der Waals surface area contributed by atoms with E-state index in [1.807, 2.05) is 0 Å². The largest absolute Gasteiger partial charge is 0.492 e. The lowest BCUT2D eigenvalue weighted by Crippen LogP contribution is -2.00. The first-order valence-corrected chi connectivity index (χ1v) is 6.29. The van der Waals surface area contributed by atoms with Crippen molar-refractivity contribution in [3.63, 3.8) is 0 Å². The van der Waals surface area contributed by atoms with Crippen LogP contribution >= 0.6 is 11.8 Å². The highest BCUT2D eigenvalue weighted by atomic mass is 32.2. The minimum atomic E-state index is 0.824. The summed E-state index contributed by atoms with van der Waals surface area (Å²) in [5, 5.41) is 0. The molecule has 2 heteroatoms. The molecule has 0 saturated heterocycles. The van der Waals surface area contributed by atoms with Crippen LogP contribution in [0.1, 0.15) is 18.4 Å². The molecule has 2 rings (SSSR count). The number of rotatable bonds is 4. The third kappa shape index (κ3) is 2.44. The summed E-state index contributed by atoms with van der Waals surface area (Å²) < 4.78 is 5.81. The topological polar surface area (TPSA) is 9.23 Å². The van der Waals surface area contributed by atoms with E-state index in [0.29, 0.717) is 0 Å². The van der Waals surface area contributed by atoms with Crippen LogP contribution in [-0.2, 0) is 0 Å². The summed E-state index contributed by atoms with van der Waals surface area (Å²) in [7, 11) is 0. The highest BCUT2D eigenvalue weighted by Crippen LogP contribution is 2.33. The first-order valence-electron chi connectivity index (χ1n) is 5.07. The Balaban J connectivity index is 2.07. The van der Waals surface area contributed by atoms with Gasteiger partial charge in [0, 0.05) is 4.90 Å². The monoisotopic (exact) mass is 208 g/mol. The van der Waals surface area contributed by atoms with Crippen molar-refractivity contribution < 1.29 is 4.74 Å². The molecule has 1 aliphatic carbocycles. The Kier molecular flexibility index (Phi) is 3.02. The molecule has 0 amide bonds. The molecule has 0 bridgehead atoms. The number of hydrogen-bond donors (Lipinski definition) is 0. The molecule has 0 N–H and O–H groups in total. The van der Waals surface area contributed by atoms with E-state index < -0.39 is 0 Å². The Morgan fingerprint density at radius 2 is 2.21 bits per heavy atom. The van der Waals surface area contributed by atoms with Gasteiger partial charge in [0.15, 0.2) is 0 Å². The van der Waals surface area contributed by atoms with Crippen LogP contribution < -0.4 is 4.74 Å². The highest BCUT2D eigenvalue weighted by molar-refractivity contribution is 7.98. The summed E-state index contributed by atoms with van der Waals surface area (Å²) in [6, 6.07) is 6.41. The van der Waals surface area contributed by atoms with Gasteiger partial charge >= 0.3 is 0 Å². The number of aryl methyl sites for hydroxylation is 1. The molecule has 0 unspecified atom stereocenters. The fraction of sp³-hybridized carbons (Fsp3) is 0.500. The van der Waals surface area contributed by atoms with Crippen molar-refractivity contribution in [2.75, 3.05) is 12.9 Å². The Labute approximate surface area is 89.9 Å². The van der Waals surface area contributed by atoms with Crippen molar-refractivity contribution in [2.45, 2.75) is 24.7 Å². The van der Waals surface area contributed by atoms with Crippen molar-refractivity contribution in [1.82, 2.24) is 0 Å². The molecular formula is C12H16OS. The molecule has 1 fully saturated rings. The molecule has 1 aromatic rings. The molecular weight excluding hydrogens is 192 g/mol.